The summed E-state index contributed by atoms with van der Waals surface area (Å²) in [7, 11) is 0. The Bertz CT molecular complexity index is 561. The lowest BCUT2D eigenvalue weighted by Crippen LogP contribution is -2.25. The van der Waals surface area contributed by atoms with Crippen molar-refractivity contribution in [3.05, 3.63) is 41.9 Å². The molecule has 1 aromatic heterocycles. The lowest BCUT2D eigenvalue weighted by Gasteiger charge is -2.04. The van der Waals surface area contributed by atoms with Gasteiger partial charge in [0.25, 0.3) is 5.91 Å². The van der Waals surface area contributed by atoms with Crippen molar-refractivity contribution < 1.29 is 9.21 Å². The number of rotatable bonds is 6. The number of carbonyl (C=O) groups is 1. The zero-order valence-electron chi connectivity index (χ0n) is 11.6. The Morgan fingerprint density at radius 1 is 1.30 bits per heavy atom. The van der Waals surface area contributed by atoms with Gasteiger partial charge in [0.1, 0.15) is 0 Å². The number of carbonyl (C=O) groups excluding carboxylic acids is 1. The van der Waals surface area contributed by atoms with Crippen LogP contribution in [0, 0.1) is 6.92 Å². The second-order valence-corrected chi connectivity index (χ2v) is 4.65. The van der Waals surface area contributed by atoms with Crippen LogP contribution in [0.3, 0.4) is 0 Å². The molecule has 1 amide bonds. The van der Waals surface area contributed by atoms with Gasteiger partial charge in [-0.2, -0.15) is 0 Å². The monoisotopic (exact) mass is 273 g/mol. The molecule has 20 heavy (non-hydrogen) atoms. The van der Waals surface area contributed by atoms with Gasteiger partial charge in [-0.15, -0.1) is 0 Å². The highest BCUT2D eigenvalue weighted by Crippen LogP contribution is 2.23. The van der Waals surface area contributed by atoms with Crippen LogP contribution >= 0.6 is 0 Å². The molecule has 5 nitrogen and oxygen atoms in total. The molecule has 0 aliphatic rings. The maximum absolute atomic E-state index is 12.1. The van der Waals surface area contributed by atoms with Crippen molar-refractivity contribution in [2.75, 3.05) is 13.1 Å². The third kappa shape index (κ3) is 3.45. The van der Waals surface area contributed by atoms with E-state index in [2.05, 4.69) is 10.3 Å². The van der Waals surface area contributed by atoms with Gasteiger partial charge >= 0.3 is 0 Å². The minimum atomic E-state index is -0.216. The molecule has 3 N–H and O–H groups in total. The molecule has 2 rings (SSSR count). The molecule has 1 aromatic carbocycles. The Hall–Kier alpha value is -2.14. The van der Waals surface area contributed by atoms with Gasteiger partial charge < -0.3 is 15.5 Å². The zero-order valence-corrected chi connectivity index (χ0v) is 11.6. The first-order chi connectivity index (χ1) is 9.72. The average Bonchev–Trinajstić information content (AvgIpc) is 2.93. The van der Waals surface area contributed by atoms with Crippen molar-refractivity contribution in [2.24, 2.45) is 5.73 Å². The standard InChI is InChI=1S/C15H19N3O2/c1-11-4-6-12(7-5-11)14-13(18-10-20-14)15(19)17-9-3-2-8-16/h4-7,10H,2-3,8-9,16H2,1H3,(H,17,19). The summed E-state index contributed by atoms with van der Waals surface area (Å²) in [5.41, 5.74) is 7.73. The zero-order chi connectivity index (χ0) is 14.4. The molecule has 0 radical (unpaired) electrons. The van der Waals surface area contributed by atoms with Crippen LogP contribution in [-0.4, -0.2) is 24.0 Å². The smallest absolute Gasteiger partial charge is 0.273 e. The Labute approximate surface area is 118 Å². The summed E-state index contributed by atoms with van der Waals surface area (Å²) >= 11 is 0. The number of aromatic nitrogens is 1. The van der Waals surface area contributed by atoms with Crippen LogP contribution in [0.1, 0.15) is 28.9 Å². The summed E-state index contributed by atoms with van der Waals surface area (Å²) in [6.45, 7) is 3.24. The van der Waals surface area contributed by atoms with E-state index in [9.17, 15) is 4.79 Å². The van der Waals surface area contributed by atoms with Crippen LogP contribution in [0.25, 0.3) is 11.3 Å². The molecule has 0 fully saturated rings. The van der Waals surface area contributed by atoms with Gasteiger partial charge in [0, 0.05) is 12.1 Å². The number of aryl methyl sites for hydroxylation is 1. The number of amides is 1. The molecule has 0 aliphatic heterocycles. The van der Waals surface area contributed by atoms with E-state index in [1.807, 2.05) is 31.2 Å². The highest BCUT2D eigenvalue weighted by atomic mass is 16.3. The predicted octanol–water partition coefficient (Wildman–Crippen LogP) is 2.12. The van der Waals surface area contributed by atoms with E-state index in [1.54, 1.807) is 0 Å². The molecule has 0 bridgehead atoms. The summed E-state index contributed by atoms with van der Waals surface area (Å²) in [6.07, 6.45) is 3.05. The second kappa shape index (κ2) is 6.86. The molecule has 0 spiro atoms. The number of oxazole rings is 1. The van der Waals surface area contributed by atoms with Gasteiger partial charge in [-0.25, -0.2) is 4.98 Å². The fraction of sp³-hybridized carbons (Fsp3) is 0.333. The SMILES string of the molecule is Cc1ccc(-c2ocnc2C(=O)NCCCCN)cc1. The number of hydrogen-bond donors (Lipinski definition) is 2. The van der Waals surface area contributed by atoms with Crippen molar-refractivity contribution in [2.45, 2.75) is 19.8 Å². The minimum Gasteiger partial charge on any atom is -0.443 e. The summed E-state index contributed by atoms with van der Waals surface area (Å²) < 4.78 is 5.35. The van der Waals surface area contributed by atoms with E-state index in [-0.39, 0.29) is 5.91 Å². The second-order valence-electron chi connectivity index (χ2n) is 4.65. The first-order valence-electron chi connectivity index (χ1n) is 6.71. The lowest BCUT2D eigenvalue weighted by molar-refractivity contribution is 0.0949. The highest BCUT2D eigenvalue weighted by molar-refractivity contribution is 5.97. The molecule has 0 saturated heterocycles. The topological polar surface area (TPSA) is 81.2 Å². The molecule has 106 valence electrons. The van der Waals surface area contributed by atoms with Gasteiger partial charge in [-0.1, -0.05) is 29.8 Å². The van der Waals surface area contributed by atoms with E-state index in [4.69, 9.17) is 10.2 Å². The fourth-order valence-corrected chi connectivity index (χ4v) is 1.87. The molecular weight excluding hydrogens is 254 g/mol. The molecule has 5 heteroatoms. The van der Waals surface area contributed by atoms with Crippen LogP contribution < -0.4 is 11.1 Å². The summed E-state index contributed by atoms with van der Waals surface area (Å²) in [5.74, 6) is 0.285. The van der Waals surface area contributed by atoms with Crippen LogP contribution in [0.5, 0.6) is 0 Å². The third-order valence-corrected chi connectivity index (χ3v) is 3.01. The number of hydrogen-bond acceptors (Lipinski definition) is 4. The van der Waals surface area contributed by atoms with Gasteiger partial charge in [0.2, 0.25) is 0 Å². The quantitative estimate of drug-likeness (QED) is 0.790. The molecule has 2 aromatic rings. The molecule has 0 aliphatic carbocycles. The van der Waals surface area contributed by atoms with Crippen molar-refractivity contribution in [3.8, 4) is 11.3 Å². The van der Waals surface area contributed by atoms with Crippen LogP contribution in [0.2, 0.25) is 0 Å². The first kappa shape index (κ1) is 14.3. The first-order valence-corrected chi connectivity index (χ1v) is 6.71. The summed E-state index contributed by atoms with van der Waals surface area (Å²) in [5, 5.41) is 2.82. The van der Waals surface area contributed by atoms with Crippen molar-refractivity contribution in [1.82, 2.24) is 10.3 Å². The number of nitrogens with zero attached hydrogens (tertiary/aromatic N) is 1. The normalized spacial score (nSPS) is 10.5. The number of nitrogens with one attached hydrogen (secondary N) is 1. The molecular formula is C15H19N3O2. The lowest BCUT2D eigenvalue weighted by atomic mass is 10.1. The molecule has 0 saturated carbocycles. The van der Waals surface area contributed by atoms with E-state index in [1.165, 1.54) is 6.39 Å². The Morgan fingerprint density at radius 3 is 2.75 bits per heavy atom. The van der Waals surface area contributed by atoms with E-state index in [0.717, 1.165) is 24.0 Å². The molecule has 0 unspecified atom stereocenters. The predicted molar refractivity (Wildman–Crippen MR) is 77.3 cm³/mol. The van der Waals surface area contributed by atoms with Crippen molar-refractivity contribution in [1.29, 1.82) is 0 Å². The molecule has 1 heterocycles. The van der Waals surface area contributed by atoms with Crippen LogP contribution in [0.15, 0.2) is 35.1 Å². The van der Waals surface area contributed by atoms with E-state index >= 15 is 0 Å². The van der Waals surface area contributed by atoms with Gasteiger partial charge in [-0.3, -0.25) is 4.79 Å². The van der Waals surface area contributed by atoms with Crippen LogP contribution in [-0.2, 0) is 0 Å². The minimum absolute atomic E-state index is 0.216. The number of unbranched alkanes of at least 4 members (excludes halogenated alkanes) is 1. The maximum Gasteiger partial charge on any atom is 0.273 e. The third-order valence-electron chi connectivity index (χ3n) is 3.01. The highest BCUT2D eigenvalue weighted by Gasteiger charge is 2.17. The summed E-state index contributed by atoms with van der Waals surface area (Å²) in [6, 6.07) is 7.78. The van der Waals surface area contributed by atoms with Gasteiger partial charge in [0.05, 0.1) is 0 Å². The van der Waals surface area contributed by atoms with Gasteiger partial charge in [-0.05, 0) is 26.3 Å². The van der Waals surface area contributed by atoms with E-state index in [0.29, 0.717) is 24.5 Å². The van der Waals surface area contributed by atoms with Crippen LogP contribution in [0.4, 0.5) is 0 Å². The Balaban J connectivity index is 2.08. The molecule has 0 atom stereocenters. The van der Waals surface area contributed by atoms with Crippen molar-refractivity contribution in [3.63, 3.8) is 0 Å². The maximum atomic E-state index is 12.1. The largest absolute Gasteiger partial charge is 0.443 e. The van der Waals surface area contributed by atoms with Crippen molar-refractivity contribution >= 4 is 5.91 Å². The summed E-state index contributed by atoms with van der Waals surface area (Å²) in [4.78, 5) is 16.1. The van der Waals surface area contributed by atoms with Gasteiger partial charge in [0.15, 0.2) is 17.8 Å². The number of nitrogens with two attached hydrogens (primary N) is 1. The Kier molecular flexibility index (Phi) is 4.90. The fourth-order valence-electron chi connectivity index (χ4n) is 1.87. The average molecular weight is 273 g/mol. The van der Waals surface area contributed by atoms with E-state index < -0.39 is 0 Å². The Morgan fingerprint density at radius 2 is 2.05 bits per heavy atom. The number of benzene rings is 1.